The van der Waals surface area contributed by atoms with Gasteiger partial charge in [0.25, 0.3) is 0 Å². The van der Waals surface area contributed by atoms with E-state index in [1.54, 1.807) is 29.2 Å². The normalized spacial score (nSPS) is 11.5. The zero-order valence-electron chi connectivity index (χ0n) is 13.6. The van der Waals surface area contributed by atoms with Gasteiger partial charge in [0.05, 0.1) is 24.4 Å². The number of nitrogens with one attached hydrogen (secondary N) is 2. The molecule has 25 heavy (non-hydrogen) atoms. The third-order valence-corrected chi connectivity index (χ3v) is 4.13. The summed E-state index contributed by atoms with van der Waals surface area (Å²) in [5.41, 5.74) is 2.67. The molecule has 0 amide bonds. The lowest BCUT2D eigenvalue weighted by molar-refractivity contribution is 0.410. The average Bonchev–Trinajstić information content (AvgIpc) is 2.94. The molecule has 0 aliphatic carbocycles. The van der Waals surface area contributed by atoms with E-state index in [1.807, 2.05) is 17.8 Å². The van der Waals surface area contributed by atoms with Crippen molar-refractivity contribution in [3.05, 3.63) is 42.2 Å². The Bertz CT molecular complexity index is 1020. The van der Waals surface area contributed by atoms with Crippen LogP contribution in [-0.2, 0) is 23.9 Å². The number of anilines is 2. The molecule has 2 aromatic heterocycles. The number of nitrogens with zero attached hydrogens (tertiary/aromatic N) is 3. The van der Waals surface area contributed by atoms with Gasteiger partial charge in [-0.1, -0.05) is 6.07 Å². The summed E-state index contributed by atoms with van der Waals surface area (Å²) >= 11 is 0. The standard InChI is InChI=1S/C15H17N5O4S/c1-20-15-12(9-18-20)13(5-6-16-15)17-8-10-3-4-11(7-14(10)24-2)19-25(21,22)23/h3-7,9,19H,8H2,1-2H3,(H,16,17)(H,21,22,23). The Morgan fingerprint density at radius 2 is 2.12 bits per heavy atom. The number of aryl methyl sites for hydroxylation is 1. The maximum atomic E-state index is 10.9. The van der Waals surface area contributed by atoms with E-state index in [2.05, 4.69) is 15.4 Å². The van der Waals surface area contributed by atoms with E-state index >= 15 is 0 Å². The number of aromatic nitrogens is 3. The highest BCUT2D eigenvalue weighted by Crippen LogP contribution is 2.26. The Morgan fingerprint density at radius 3 is 2.84 bits per heavy atom. The number of hydrogen-bond donors (Lipinski definition) is 3. The summed E-state index contributed by atoms with van der Waals surface area (Å²) in [6.45, 7) is 0.448. The van der Waals surface area contributed by atoms with Crippen LogP contribution in [0, 0.1) is 0 Å². The van der Waals surface area contributed by atoms with Crippen molar-refractivity contribution >= 4 is 32.7 Å². The average molecular weight is 363 g/mol. The van der Waals surface area contributed by atoms with Gasteiger partial charge in [-0.15, -0.1) is 0 Å². The predicted octanol–water partition coefficient (Wildman–Crippen LogP) is 1.80. The van der Waals surface area contributed by atoms with E-state index in [0.29, 0.717) is 12.3 Å². The summed E-state index contributed by atoms with van der Waals surface area (Å²) in [5.74, 6) is 0.484. The number of pyridine rings is 1. The van der Waals surface area contributed by atoms with Crippen LogP contribution in [-0.4, -0.2) is 34.8 Å². The molecule has 132 valence electrons. The van der Waals surface area contributed by atoms with Crippen molar-refractivity contribution in [1.82, 2.24) is 14.8 Å². The Hall–Kier alpha value is -2.85. The van der Waals surface area contributed by atoms with E-state index in [0.717, 1.165) is 22.3 Å². The van der Waals surface area contributed by atoms with Crippen molar-refractivity contribution in [2.75, 3.05) is 17.1 Å². The highest BCUT2D eigenvalue weighted by molar-refractivity contribution is 7.87. The molecule has 0 saturated heterocycles. The number of hydrogen-bond acceptors (Lipinski definition) is 6. The van der Waals surface area contributed by atoms with Gasteiger partial charge in [0.1, 0.15) is 5.75 Å². The van der Waals surface area contributed by atoms with Gasteiger partial charge >= 0.3 is 10.3 Å². The van der Waals surface area contributed by atoms with Gasteiger partial charge in [0.2, 0.25) is 0 Å². The Morgan fingerprint density at radius 1 is 1.32 bits per heavy atom. The van der Waals surface area contributed by atoms with Gasteiger partial charge in [0.15, 0.2) is 5.65 Å². The Balaban J connectivity index is 1.82. The van der Waals surface area contributed by atoms with Gasteiger partial charge in [-0.05, 0) is 12.1 Å². The zero-order valence-corrected chi connectivity index (χ0v) is 14.4. The molecule has 0 spiro atoms. The zero-order chi connectivity index (χ0) is 18.0. The molecule has 1 aromatic carbocycles. The molecule has 0 radical (unpaired) electrons. The molecule has 2 heterocycles. The topological polar surface area (TPSA) is 118 Å². The molecule has 0 aliphatic rings. The van der Waals surface area contributed by atoms with Crippen LogP contribution in [0.1, 0.15) is 5.56 Å². The third kappa shape index (κ3) is 3.80. The van der Waals surface area contributed by atoms with Crippen LogP contribution in [0.2, 0.25) is 0 Å². The van der Waals surface area contributed by atoms with E-state index < -0.39 is 10.3 Å². The molecule has 10 heteroatoms. The summed E-state index contributed by atoms with van der Waals surface area (Å²) in [6.07, 6.45) is 3.43. The van der Waals surface area contributed by atoms with Gasteiger partial charge < -0.3 is 10.1 Å². The van der Waals surface area contributed by atoms with Crippen LogP contribution >= 0.6 is 0 Å². The largest absolute Gasteiger partial charge is 0.496 e. The minimum absolute atomic E-state index is 0.210. The minimum Gasteiger partial charge on any atom is -0.496 e. The number of methoxy groups -OCH3 is 1. The number of benzene rings is 1. The number of ether oxygens (including phenoxy) is 1. The van der Waals surface area contributed by atoms with Crippen molar-refractivity contribution in [2.24, 2.45) is 7.05 Å². The molecular weight excluding hydrogens is 346 g/mol. The van der Waals surface area contributed by atoms with Crippen LogP contribution in [0.25, 0.3) is 11.0 Å². The van der Waals surface area contributed by atoms with Crippen LogP contribution in [0.4, 0.5) is 11.4 Å². The molecule has 0 aliphatic heterocycles. The second kappa shape index (κ2) is 6.57. The summed E-state index contributed by atoms with van der Waals surface area (Å²) in [4.78, 5) is 4.28. The SMILES string of the molecule is COc1cc(NS(=O)(=O)O)ccc1CNc1ccnc2c1cnn2C. The number of rotatable bonds is 6. The fraction of sp³-hybridized carbons (Fsp3) is 0.200. The maximum absolute atomic E-state index is 10.9. The first-order valence-corrected chi connectivity index (χ1v) is 8.74. The molecule has 3 rings (SSSR count). The molecule has 0 bridgehead atoms. The second-order valence-electron chi connectivity index (χ2n) is 5.32. The summed E-state index contributed by atoms with van der Waals surface area (Å²) in [6, 6.07) is 6.60. The lowest BCUT2D eigenvalue weighted by Crippen LogP contribution is -2.11. The van der Waals surface area contributed by atoms with Crippen molar-refractivity contribution < 1.29 is 17.7 Å². The third-order valence-electron chi connectivity index (χ3n) is 3.64. The van der Waals surface area contributed by atoms with Gasteiger partial charge in [-0.2, -0.15) is 13.5 Å². The van der Waals surface area contributed by atoms with Crippen molar-refractivity contribution in [3.8, 4) is 5.75 Å². The fourth-order valence-electron chi connectivity index (χ4n) is 2.49. The number of fused-ring (bicyclic) bond motifs is 1. The fourth-order valence-corrected chi connectivity index (χ4v) is 2.92. The van der Waals surface area contributed by atoms with E-state index in [-0.39, 0.29) is 5.69 Å². The summed E-state index contributed by atoms with van der Waals surface area (Å²) in [5, 5.41) is 8.39. The van der Waals surface area contributed by atoms with Crippen LogP contribution < -0.4 is 14.8 Å². The smallest absolute Gasteiger partial charge is 0.357 e. The minimum atomic E-state index is -4.33. The molecule has 0 unspecified atom stereocenters. The highest BCUT2D eigenvalue weighted by atomic mass is 32.2. The maximum Gasteiger partial charge on any atom is 0.357 e. The first-order chi connectivity index (χ1) is 11.9. The predicted molar refractivity (Wildman–Crippen MR) is 94.0 cm³/mol. The van der Waals surface area contributed by atoms with Crippen LogP contribution in [0.15, 0.2) is 36.7 Å². The second-order valence-corrected chi connectivity index (χ2v) is 6.48. The van der Waals surface area contributed by atoms with Gasteiger partial charge in [-0.25, -0.2) is 4.98 Å². The van der Waals surface area contributed by atoms with Crippen molar-refractivity contribution in [3.63, 3.8) is 0 Å². The molecule has 9 nitrogen and oxygen atoms in total. The Labute approximate surface area is 144 Å². The van der Waals surface area contributed by atoms with Gasteiger partial charge in [-0.3, -0.25) is 14.0 Å². The monoisotopic (exact) mass is 363 g/mol. The van der Waals surface area contributed by atoms with E-state index in [4.69, 9.17) is 9.29 Å². The van der Waals surface area contributed by atoms with E-state index in [1.165, 1.54) is 13.2 Å². The van der Waals surface area contributed by atoms with Crippen molar-refractivity contribution in [1.29, 1.82) is 0 Å². The molecule has 3 N–H and O–H groups in total. The molecule has 3 aromatic rings. The quantitative estimate of drug-likeness (QED) is 0.571. The van der Waals surface area contributed by atoms with Crippen LogP contribution in [0.3, 0.4) is 0 Å². The molecule has 0 saturated carbocycles. The summed E-state index contributed by atoms with van der Waals surface area (Å²) in [7, 11) is -1.02. The summed E-state index contributed by atoms with van der Waals surface area (Å²) < 4.78 is 39.6. The lowest BCUT2D eigenvalue weighted by atomic mass is 10.1. The first-order valence-electron chi connectivity index (χ1n) is 7.30. The van der Waals surface area contributed by atoms with Gasteiger partial charge in [0, 0.05) is 37.1 Å². The highest BCUT2D eigenvalue weighted by Gasteiger charge is 2.10. The lowest BCUT2D eigenvalue weighted by Gasteiger charge is -2.13. The molecular formula is C15H17N5O4S. The van der Waals surface area contributed by atoms with Crippen molar-refractivity contribution in [2.45, 2.75) is 6.54 Å². The van der Waals surface area contributed by atoms with Crippen LogP contribution in [0.5, 0.6) is 5.75 Å². The molecule has 0 atom stereocenters. The molecule has 0 fully saturated rings. The first kappa shape index (κ1) is 17.0. The Kier molecular flexibility index (Phi) is 4.47. The van der Waals surface area contributed by atoms with E-state index in [9.17, 15) is 8.42 Å².